The number of nitrogens with one attached hydrogen (secondary N) is 2. The van der Waals surface area contributed by atoms with E-state index < -0.39 is 6.36 Å². The van der Waals surface area contributed by atoms with Gasteiger partial charge in [-0.25, -0.2) is 0 Å². The fourth-order valence-electron chi connectivity index (χ4n) is 5.31. The van der Waals surface area contributed by atoms with Crippen molar-refractivity contribution in [3.63, 3.8) is 0 Å². The molecule has 1 fully saturated rings. The first-order valence-electron chi connectivity index (χ1n) is 12.5. The zero-order chi connectivity index (χ0) is 26.0. The number of halogens is 3. The number of fused-ring (bicyclic) bond motifs is 2. The maximum atomic E-state index is 12.8. The van der Waals surface area contributed by atoms with Crippen LogP contribution in [0.5, 0.6) is 5.75 Å². The Morgan fingerprint density at radius 1 is 1.11 bits per heavy atom. The van der Waals surface area contributed by atoms with Crippen molar-refractivity contribution in [1.82, 2.24) is 4.57 Å². The van der Waals surface area contributed by atoms with E-state index in [1.165, 1.54) is 37.5 Å². The Kier molecular flexibility index (Phi) is 6.95. The number of nitrogens with zero attached hydrogens (tertiary/aromatic N) is 1. The molecule has 37 heavy (non-hydrogen) atoms. The summed E-state index contributed by atoms with van der Waals surface area (Å²) in [7, 11) is 0. The van der Waals surface area contributed by atoms with E-state index in [0.717, 1.165) is 36.2 Å². The van der Waals surface area contributed by atoms with Gasteiger partial charge < -0.3 is 19.9 Å². The normalized spacial score (nSPS) is 16.6. The smallest absolute Gasteiger partial charge is 0.406 e. The zero-order valence-electron chi connectivity index (χ0n) is 20.2. The van der Waals surface area contributed by atoms with E-state index in [2.05, 4.69) is 19.9 Å². The zero-order valence-corrected chi connectivity index (χ0v) is 20.2. The van der Waals surface area contributed by atoms with Crippen molar-refractivity contribution in [3.05, 3.63) is 59.8 Å². The van der Waals surface area contributed by atoms with Gasteiger partial charge in [-0.3, -0.25) is 9.59 Å². The van der Waals surface area contributed by atoms with Crippen LogP contribution in [0, 0.1) is 5.92 Å². The van der Waals surface area contributed by atoms with E-state index in [9.17, 15) is 22.8 Å². The molecule has 5 rings (SSSR count). The number of carbonyl (C=O) groups excluding carboxylic acids is 2. The third-order valence-corrected chi connectivity index (χ3v) is 7.02. The van der Waals surface area contributed by atoms with Gasteiger partial charge in [0.15, 0.2) is 0 Å². The lowest BCUT2D eigenvalue weighted by molar-refractivity contribution is -0.274. The number of ether oxygens (including phenoxy) is 1. The fourth-order valence-corrected chi connectivity index (χ4v) is 5.31. The Bertz CT molecular complexity index is 1350. The van der Waals surface area contributed by atoms with Gasteiger partial charge in [0.2, 0.25) is 11.8 Å². The minimum atomic E-state index is -4.77. The van der Waals surface area contributed by atoms with Crippen molar-refractivity contribution in [2.24, 2.45) is 5.92 Å². The number of anilines is 2. The maximum Gasteiger partial charge on any atom is 0.573 e. The summed E-state index contributed by atoms with van der Waals surface area (Å²) in [5, 5.41) is 6.33. The summed E-state index contributed by atoms with van der Waals surface area (Å²) in [4.78, 5) is 24.5. The highest BCUT2D eigenvalue weighted by Gasteiger charge is 2.31. The van der Waals surface area contributed by atoms with Gasteiger partial charge in [-0.2, -0.15) is 0 Å². The minimum Gasteiger partial charge on any atom is -0.406 e. The van der Waals surface area contributed by atoms with Crippen LogP contribution in [0.4, 0.5) is 24.5 Å². The van der Waals surface area contributed by atoms with E-state index in [1.807, 2.05) is 0 Å². The fraction of sp³-hybridized carbons (Fsp3) is 0.357. The topological polar surface area (TPSA) is 72.4 Å². The maximum absolute atomic E-state index is 12.8. The molecule has 2 heterocycles. The standard InChI is InChI=1S/C28H28F3N3O3/c29-28(30,31)37-21-10-12-25-19(16-21)15-20(34(25)17-18-5-2-1-3-6-18)9-13-26(35)32-23-7-4-8-24-22(23)11-14-27(36)33-24/h4,7-10,12-13,15-16,18H,1-3,5-6,11,14,17H2,(H,32,35)(H,33,36)/b13-9+. The van der Waals surface area contributed by atoms with Gasteiger partial charge in [0.1, 0.15) is 5.75 Å². The molecule has 1 saturated carbocycles. The monoisotopic (exact) mass is 511 g/mol. The molecular weight excluding hydrogens is 483 g/mol. The van der Waals surface area contributed by atoms with Crippen LogP contribution in [-0.2, 0) is 22.6 Å². The van der Waals surface area contributed by atoms with Crippen molar-refractivity contribution >= 4 is 40.2 Å². The summed E-state index contributed by atoms with van der Waals surface area (Å²) in [5.74, 6) is -0.183. The second kappa shape index (κ2) is 10.3. The van der Waals surface area contributed by atoms with E-state index >= 15 is 0 Å². The summed E-state index contributed by atoms with van der Waals surface area (Å²) >= 11 is 0. The first-order valence-corrected chi connectivity index (χ1v) is 12.5. The molecule has 0 spiro atoms. The minimum absolute atomic E-state index is 0.0505. The van der Waals surface area contributed by atoms with Crippen molar-refractivity contribution in [2.45, 2.75) is 57.9 Å². The van der Waals surface area contributed by atoms with Gasteiger partial charge in [0, 0.05) is 47.0 Å². The van der Waals surface area contributed by atoms with Crippen LogP contribution in [0.1, 0.15) is 49.8 Å². The molecule has 0 bridgehead atoms. The Hall–Kier alpha value is -3.75. The molecule has 9 heteroatoms. The third kappa shape index (κ3) is 5.98. The SMILES string of the molecule is O=C(/C=C/c1cc2cc(OC(F)(F)F)ccc2n1CC1CCCCC1)Nc1cccc2c1CCC(=O)N2. The van der Waals surface area contributed by atoms with Gasteiger partial charge in [-0.05, 0) is 73.2 Å². The largest absolute Gasteiger partial charge is 0.573 e. The molecule has 6 nitrogen and oxygen atoms in total. The number of hydrogen-bond acceptors (Lipinski definition) is 3. The first kappa shape index (κ1) is 24.9. The average molecular weight is 512 g/mol. The molecule has 2 aromatic carbocycles. The Morgan fingerprint density at radius 2 is 1.92 bits per heavy atom. The van der Waals surface area contributed by atoms with Crippen LogP contribution < -0.4 is 15.4 Å². The Balaban J connectivity index is 1.41. The lowest BCUT2D eigenvalue weighted by Gasteiger charge is -2.23. The quantitative estimate of drug-likeness (QED) is 0.364. The first-order chi connectivity index (χ1) is 17.7. The average Bonchev–Trinajstić information content (AvgIpc) is 3.18. The highest BCUT2D eigenvalue weighted by Crippen LogP contribution is 2.33. The molecule has 3 aromatic rings. The van der Waals surface area contributed by atoms with Crippen molar-refractivity contribution in [1.29, 1.82) is 0 Å². The van der Waals surface area contributed by atoms with Gasteiger partial charge in [-0.15, -0.1) is 13.2 Å². The molecular formula is C28H28F3N3O3. The lowest BCUT2D eigenvalue weighted by Crippen LogP contribution is -2.21. The molecule has 2 aliphatic rings. The number of carbonyl (C=O) groups is 2. The number of rotatable bonds is 6. The predicted molar refractivity (Wildman–Crippen MR) is 136 cm³/mol. The van der Waals surface area contributed by atoms with Gasteiger partial charge in [0.25, 0.3) is 0 Å². The van der Waals surface area contributed by atoms with Crippen LogP contribution in [0.25, 0.3) is 17.0 Å². The van der Waals surface area contributed by atoms with E-state index in [1.54, 1.807) is 36.4 Å². The predicted octanol–water partition coefficient (Wildman–Crippen LogP) is 6.66. The van der Waals surface area contributed by atoms with Crippen LogP contribution in [0.2, 0.25) is 0 Å². The second-order valence-electron chi connectivity index (χ2n) is 9.65. The van der Waals surface area contributed by atoms with E-state index in [0.29, 0.717) is 35.5 Å². The second-order valence-corrected chi connectivity index (χ2v) is 9.65. The molecule has 0 saturated heterocycles. The van der Waals surface area contributed by atoms with E-state index in [-0.39, 0.29) is 17.6 Å². The summed E-state index contributed by atoms with van der Waals surface area (Å²) in [5.41, 5.74) is 3.76. The molecule has 2 amide bonds. The van der Waals surface area contributed by atoms with Crippen LogP contribution in [-0.4, -0.2) is 22.7 Å². The molecule has 1 aliphatic carbocycles. The van der Waals surface area contributed by atoms with Gasteiger partial charge in [-0.1, -0.05) is 25.3 Å². The Labute approximate surface area is 212 Å². The molecule has 2 N–H and O–H groups in total. The summed E-state index contributed by atoms with van der Waals surface area (Å²) < 4.78 is 44.4. The van der Waals surface area contributed by atoms with Crippen LogP contribution in [0.3, 0.4) is 0 Å². The van der Waals surface area contributed by atoms with Crippen molar-refractivity contribution in [2.75, 3.05) is 10.6 Å². The molecule has 1 aliphatic heterocycles. The number of alkyl halides is 3. The summed E-state index contributed by atoms with van der Waals surface area (Å²) in [6.45, 7) is 0.732. The van der Waals surface area contributed by atoms with Crippen LogP contribution in [0.15, 0.2) is 48.5 Å². The molecule has 194 valence electrons. The molecule has 0 unspecified atom stereocenters. The molecule has 1 aromatic heterocycles. The number of amides is 2. The molecule has 0 atom stereocenters. The summed E-state index contributed by atoms with van der Waals surface area (Å²) in [6.07, 6.45) is 5.03. The lowest BCUT2D eigenvalue weighted by atomic mass is 9.89. The third-order valence-electron chi connectivity index (χ3n) is 7.02. The van der Waals surface area contributed by atoms with E-state index in [4.69, 9.17) is 0 Å². The highest BCUT2D eigenvalue weighted by molar-refractivity contribution is 6.04. The van der Waals surface area contributed by atoms with Crippen molar-refractivity contribution < 1.29 is 27.5 Å². The molecule has 0 radical (unpaired) electrons. The van der Waals surface area contributed by atoms with Gasteiger partial charge in [0.05, 0.1) is 0 Å². The summed E-state index contributed by atoms with van der Waals surface area (Å²) in [6, 6.07) is 11.5. The highest BCUT2D eigenvalue weighted by atomic mass is 19.4. The number of benzene rings is 2. The number of hydrogen-bond donors (Lipinski definition) is 2. The van der Waals surface area contributed by atoms with Gasteiger partial charge >= 0.3 is 6.36 Å². The van der Waals surface area contributed by atoms with Crippen molar-refractivity contribution in [3.8, 4) is 5.75 Å². The Morgan fingerprint density at radius 3 is 2.70 bits per heavy atom. The van der Waals surface area contributed by atoms with Crippen LogP contribution >= 0.6 is 0 Å². The number of aromatic nitrogens is 1.